The maximum absolute atomic E-state index is 13.6. The molecule has 1 atom stereocenters. The van der Waals surface area contributed by atoms with Gasteiger partial charge >= 0.3 is 0 Å². The highest BCUT2D eigenvalue weighted by Gasteiger charge is 2.23. The predicted octanol–water partition coefficient (Wildman–Crippen LogP) is 1.31. The number of nitrogens with zero attached hydrogens (tertiary/aromatic N) is 2. The Kier molecular flexibility index (Phi) is 3.60. The number of piperazine rings is 1. The lowest BCUT2D eigenvalue weighted by atomic mass is 10.1. The lowest BCUT2D eigenvalue weighted by Gasteiger charge is -2.39. The molecule has 5 heteroatoms. The van der Waals surface area contributed by atoms with Gasteiger partial charge in [0.05, 0.1) is 5.56 Å². The molecule has 1 aromatic rings. The van der Waals surface area contributed by atoms with Gasteiger partial charge in [-0.25, -0.2) is 4.39 Å². The molecule has 2 rings (SSSR count). The molecule has 1 unspecified atom stereocenters. The van der Waals surface area contributed by atoms with E-state index in [0.29, 0.717) is 25.9 Å². The second-order valence-electron chi connectivity index (χ2n) is 4.47. The highest BCUT2D eigenvalue weighted by atomic mass is 19.1. The summed E-state index contributed by atoms with van der Waals surface area (Å²) in [5.74, 6) is -0.507. The Morgan fingerprint density at radius 3 is 2.67 bits per heavy atom. The van der Waals surface area contributed by atoms with Crippen LogP contribution in [0.4, 0.5) is 10.1 Å². The van der Waals surface area contributed by atoms with Crippen LogP contribution in [0.5, 0.6) is 0 Å². The van der Waals surface area contributed by atoms with Gasteiger partial charge in [0.25, 0.3) is 0 Å². The molecule has 1 aliphatic rings. The number of halogens is 1. The number of hydrogen-bond acceptors (Lipinski definition) is 3. The fourth-order valence-electron chi connectivity index (χ4n) is 2.26. The summed E-state index contributed by atoms with van der Waals surface area (Å²) in [6.45, 7) is 3.91. The summed E-state index contributed by atoms with van der Waals surface area (Å²) in [6.07, 6.45) is 1.34. The van der Waals surface area contributed by atoms with Crippen LogP contribution < -0.4 is 4.90 Å². The van der Waals surface area contributed by atoms with Gasteiger partial charge in [0.15, 0.2) is 6.29 Å². The van der Waals surface area contributed by atoms with Crippen molar-refractivity contribution in [2.45, 2.75) is 13.0 Å². The van der Waals surface area contributed by atoms with Crippen molar-refractivity contribution in [3.8, 4) is 0 Å². The van der Waals surface area contributed by atoms with Crippen molar-refractivity contribution in [2.24, 2.45) is 0 Å². The molecule has 1 saturated heterocycles. The molecule has 0 radical (unpaired) electrons. The third-order valence-electron chi connectivity index (χ3n) is 3.25. The Hall–Kier alpha value is -1.91. The third kappa shape index (κ3) is 2.34. The number of anilines is 1. The third-order valence-corrected chi connectivity index (χ3v) is 3.25. The summed E-state index contributed by atoms with van der Waals surface area (Å²) in [6, 6.07) is 4.72. The number of rotatable bonds is 3. The highest BCUT2D eigenvalue weighted by Crippen LogP contribution is 2.22. The monoisotopic (exact) mass is 250 g/mol. The van der Waals surface area contributed by atoms with E-state index in [1.54, 1.807) is 11.0 Å². The first-order valence-corrected chi connectivity index (χ1v) is 5.86. The lowest BCUT2D eigenvalue weighted by Crippen LogP contribution is -2.51. The average Bonchev–Trinajstić information content (AvgIpc) is 2.38. The van der Waals surface area contributed by atoms with Gasteiger partial charge in [-0.2, -0.15) is 0 Å². The van der Waals surface area contributed by atoms with Crippen LogP contribution in [-0.4, -0.2) is 43.3 Å². The van der Waals surface area contributed by atoms with E-state index in [4.69, 9.17) is 0 Å². The zero-order valence-electron chi connectivity index (χ0n) is 10.2. The van der Waals surface area contributed by atoms with Crippen LogP contribution in [0.15, 0.2) is 18.2 Å². The molecule has 96 valence electrons. The molecule has 1 fully saturated rings. The van der Waals surface area contributed by atoms with E-state index < -0.39 is 5.82 Å². The molecule has 18 heavy (non-hydrogen) atoms. The molecule has 0 saturated carbocycles. The van der Waals surface area contributed by atoms with Crippen molar-refractivity contribution in [3.63, 3.8) is 0 Å². The first kappa shape index (κ1) is 12.5. The largest absolute Gasteiger partial charge is 0.365 e. The Bertz CT molecular complexity index is 464. The first-order valence-electron chi connectivity index (χ1n) is 5.86. The maximum Gasteiger partial charge on any atom is 0.209 e. The second-order valence-corrected chi connectivity index (χ2v) is 4.47. The number of benzene rings is 1. The van der Waals surface area contributed by atoms with Gasteiger partial charge in [-0.05, 0) is 25.1 Å². The van der Waals surface area contributed by atoms with Gasteiger partial charge in [-0.15, -0.1) is 0 Å². The zero-order chi connectivity index (χ0) is 13.1. The summed E-state index contributed by atoms with van der Waals surface area (Å²) < 4.78 is 13.6. The van der Waals surface area contributed by atoms with Crippen LogP contribution in [-0.2, 0) is 4.79 Å². The van der Waals surface area contributed by atoms with Gasteiger partial charge in [0.2, 0.25) is 6.41 Å². The van der Waals surface area contributed by atoms with Gasteiger partial charge in [0, 0.05) is 31.4 Å². The van der Waals surface area contributed by atoms with Crippen molar-refractivity contribution in [2.75, 3.05) is 24.5 Å². The van der Waals surface area contributed by atoms with Crippen molar-refractivity contribution in [1.29, 1.82) is 0 Å². The predicted molar refractivity (Wildman–Crippen MR) is 66.2 cm³/mol. The molecule has 1 heterocycles. The van der Waals surface area contributed by atoms with E-state index in [1.165, 1.54) is 12.1 Å². The Labute approximate surface area is 105 Å². The second kappa shape index (κ2) is 5.16. The van der Waals surface area contributed by atoms with E-state index in [1.807, 2.05) is 11.8 Å². The van der Waals surface area contributed by atoms with Crippen LogP contribution in [0.3, 0.4) is 0 Å². The van der Waals surface area contributed by atoms with Crippen LogP contribution >= 0.6 is 0 Å². The molecule has 0 N–H and O–H groups in total. The van der Waals surface area contributed by atoms with E-state index in [9.17, 15) is 14.0 Å². The molecular weight excluding hydrogens is 235 g/mol. The Morgan fingerprint density at radius 1 is 1.33 bits per heavy atom. The normalized spacial score (nSPS) is 19.8. The molecular formula is C13H15FN2O2. The topological polar surface area (TPSA) is 40.6 Å². The minimum absolute atomic E-state index is 0.0675. The fourth-order valence-corrected chi connectivity index (χ4v) is 2.26. The van der Waals surface area contributed by atoms with Crippen molar-refractivity contribution >= 4 is 18.4 Å². The van der Waals surface area contributed by atoms with E-state index in [-0.39, 0.29) is 11.6 Å². The number of carbonyl (C=O) groups is 2. The lowest BCUT2D eigenvalue weighted by molar-refractivity contribution is -0.118. The summed E-state index contributed by atoms with van der Waals surface area (Å²) in [4.78, 5) is 25.0. The minimum atomic E-state index is -0.507. The Morgan fingerprint density at radius 2 is 2.11 bits per heavy atom. The standard InChI is InChI=1S/C13H15FN2O2/c1-10-7-15(9-18)4-5-16(10)12-3-2-11(8-17)13(14)6-12/h2-3,6,8-10H,4-5,7H2,1H3. The zero-order valence-corrected chi connectivity index (χ0v) is 10.2. The number of amides is 1. The van der Waals surface area contributed by atoms with Crippen molar-refractivity contribution in [3.05, 3.63) is 29.6 Å². The van der Waals surface area contributed by atoms with E-state index in [2.05, 4.69) is 0 Å². The van der Waals surface area contributed by atoms with Gasteiger partial charge in [-0.1, -0.05) is 0 Å². The number of carbonyl (C=O) groups excluding carboxylic acids is 2. The first-order chi connectivity index (χ1) is 8.65. The molecule has 0 aromatic heterocycles. The van der Waals surface area contributed by atoms with E-state index in [0.717, 1.165) is 12.1 Å². The SMILES string of the molecule is CC1CN(C=O)CCN1c1ccc(C=O)c(F)c1. The molecule has 4 nitrogen and oxygen atoms in total. The van der Waals surface area contributed by atoms with E-state index >= 15 is 0 Å². The highest BCUT2D eigenvalue weighted by molar-refractivity contribution is 5.76. The molecule has 1 aliphatic heterocycles. The van der Waals surface area contributed by atoms with Crippen LogP contribution in [0.25, 0.3) is 0 Å². The van der Waals surface area contributed by atoms with Crippen LogP contribution in [0.1, 0.15) is 17.3 Å². The van der Waals surface area contributed by atoms with Crippen molar-refractivity contribution < 1.29 is 14.0 Å². The van der Waals surface area contributed by atoms with Crippen LogP contribution in [0, 0.1) is 5.82 Å². The summed E-state index contributed by atoms with van der Waals surface area (Å²) in [5, 5.41) is 0. The Balaban J connectivity index is 2.19. The number of hydrogen-bond donors (Lipinski definition) is 0. The van der Waals surface area contributed by atoms with Gasteiger partial charge < -0.3 is 9.80 Å². The molecule has 0 spiro atoms. The van der Waals surface area contributed by atoms with Crippen molar-refractivity contribution in [1.82, 2.24) is 4.90 Å². The summed E-state index contributed by atoms with van der Waals surface area (Å²) in [7, 11) is 0. The van der Waals surface area contributed by atoms with Gasteiger partial charge in [0.1, 0.15) is 5.82 Å². The molecule has 0 aliphatic carbocycles. The maximum atomic E-state index is 13.6. The fraction of sp³-hybridized carbons (Fsp3) is 0.385. The average molecular weight is 250 g/mol. The molecule has 0 bridgehead atoms. The molecule has 1 aromatic carbocycles. The van der Waals surface area contributed by atoms with Gasteiger partial charge in [-0.3, -0.25) is 9.59 Å². The minimum Gasteiger partial charge on any atom is -0.365 e. The smallest absolute Gasteiger partial charge is 0.209 e. The quantitative estimate of drug-likeness (QED) is 0.759. The molecule has 1 amide bonds. The number of aldehydes is 1. The summed E-state index contributed by atoms with van der Waals surface area (Å²) >= 11 is 0. The van der Waals surface area contributed by atoms with Crippen LogP contribution in [0.2, 0.25) is 0 Å². The summed E-state index contributed by atoms with van der Waals surface area (Å²) in [5.41, 5.74) is 0.814.